The largest absolute Gasteiger partial charge is 0.399 e. The van der Waals surface area contributed by atoms with Crippen LogP contribution in [0.15, 0.2) is 18.2 Å². The van der Waals surface area contributed by atoms with Crippen molar-refractivity contribution in [3.05, 3.63) is 28.8 Å². The van der Waals surface area contributed by atoms with Crippen LogP contribution in [0.2, 0.25) is 5.02 Å². The monoisotopic (exact) mass is 252 g/mol. The molecule has 1 aliphatic heterocycles. The van der Waals surface area contributed by atoms with Crippen LogP contribution in [-0.4, -0.2) is 18.0 Å². The molecular weight excluding hydrogens is 232 g/mol. The van der Waals surface area contributed by atoms with Crippen molar-refractivity contribution in [1.29, 1.82) is 0 Å². The summed E-state index contributed by atoms with van der Waals surface area (Å²) in [4.78, 5) is 2.50. The maximum Gasteiger partial charge on any atom is 0.0429 e. The molecule has 2 nitrogen and oxygen atoms in total. The molecule has 1 fully saturated rings. The summed E-state index contributed by atoms with van der Waals surface area (Å²) in [6, 6.07) is 5.83. The molecule has 2 rings (SSSR count). The highest BCUT2D eigenvalue weighted by Gasteiger charge is 2.22. The number of nitrogen functional groups attached to an aromatic ring is 1. The van der Waals surface area contributed by atoms with Crippen molar-refractivity contribution in [2.24, 2.45) is 11.8 Å². The third-order valence-corrected chi connectivity index (χ3v) is 4.02. The van der Waals surface area contributed by atoms with Gasteiger partial charge in [0.1, 0.15) is 0 Å². The normalized spacial score (nSPS) is 26.1. The SMILES string of the molecule is CC1CCN(Cc2cc(N)cc(Cl)c2)CC1C. The third kappa shape index (κ3) is 3.36. The minimum Gasteiger partial charge on any atom is -0.399 e. The fraction of sp³-hybridized carbons (Fsp3) is 0.571. The summed E-state index contributed by atoms with van der Waals surface area (Å²) in [6.45, 7) is 8.00. The minimum absolute atomic E-state index is 0.735. The number of likely N-dealkylation sites (tertiary alicyclic amines) is 1. The third-order valence-electron chi connectivity index (χ3n) is 3.80. The van der Waals surface area contributed by atoms with Gasteiger partial charge in [0.05, 0.1) is 0 Å². The molecule has 0 spiro atoms. The Morgan fingerprint density at radius 1 is 1.29 bits per heavy atom. The van der Waals surface area contributed by atoms with E-state index in [1.807, 2.05) is 12.1 Å². The smallest absolute Gasteiger partial charge is 0.0429 e. The zero-order valence-electron chi connectivity index (χ0n) is 10.6. The van der Waals surface area contributed by atoms with E-state index in [-0.39, 0.29) is 0 Å². The van der Waals surface area contributed by atoms with Crippen LogP contribution in [0.1, 0.15) is 25.8 Å². The molecule has 1 aromatic rings. The highest BCUT2D eigenvalue weighted by molar-refractivity contribution is 6.30. The van der Waals surface area contributed by atoms with Gasteiger partial charge in [-0.25, -0.2) is 0 Å². The van der Waals surface area contributed by atoms with Crippen LogP contribution in [0.25, 0.3) is 0 Å². The summed E-state index contributed by atoms with van der Waals surface area (Å²) in [5.41, 5.74) is 7.79. The van der Waals surface area contributed by atoms with E-state index in [9.17, 15) is 0 Å². The Morgan fingerprint density at radius 3 is 2.71 bits per heavy atom. The second kappa shape index (κ2) is 5.28. The van der Waals surface area contributed by atoms with E-state index < -0.39 is 0 Å². The molecule has 1 heterocycles. The van der Waals surface area contributed by atoms with E-state index >= 15 is 0 Å². The van der Waals surface area contributed by atoms with Crippen LogP contribution in [0.4, 0.5) is 5.69 Å². The van der Waals surface area contributed by atoms with Gasteiger partial charge in [-0.05, 0) is 48.6 Å². The zero-order valence-corrected chi connectivity index (χ0v) is 11.4. The quantitative estimate of drug-likeness (QED) is 0.818. The van der Waals surface area contributed by atoms with Gasteiger partial charge in [-0.15, -0.1) is 0 Å². The summed E-state index contributed by atoms with van der Waals surface area (Å²) >= 11 is 6.02. The minimum atomic E-state index is 0.735. The van der Waals surface area contributed by atoms with Crippen LogP contribution in [0.3, 0.4) is 0 Å². The maximum absolute atomic E-state index is 6.02. The van der Waals surface area contributed by atoms with Gasteiger partial charge in [0.2, 0.25) is 0 Å². The van der Waals surface area contributed by atoms with Crippen molar-refractivity contribution < 1.29 is 0 Å². The number of hydrogen-bond acceptors (Lipinski definition) is 2. The average Bonchev–Trinajstić information content (AvgIpc) is 2.22. The molecule has 1 saturated heterocycles. The Morgan fingerprint density at radius 2 is 2.06 bits per heavy atom. The van der Waals surface area contributed by atoms with Gasteiger partial charge in [0.25, 0.3) is 0 Å². The lowest BCUT2D eigenvalue weighted by Crippen LogP contribution is -2.37. The van der Waals surface area contributed by atoms with Crippen molar-refractivity contribution in [3.8, 4) is 0 Å². The van der Waals surface area contributed by atoms with E-state index in [2.05, 4.69) is 18.7 Å². The Labute approximate surface area is 109 Å². The Balaban J connectivity index is 2.01. The summed E-state index contributed by atoms with van der Waals surface area (Å²) in [5, 5.41) is 0.735. The molecule has 1 aliphatic rings. The predicted octanol–water partition coefficient (Wildman–Crippen LogP) is 3.40. The summed E-state index contributed by atoms with van der Waals surface area (Å²) in [6.07, 6.45) is 1.29. The molecule has 2 N–H and O–H groups in total. The van der Waals surface area contributed by atoms with Crippen molar-refractivity contribution in [1.82, 2.24) is 4.90 Å². The van der Waals surface area contributed by atoms with Crippen LogP contribution in [0.5, 0.6) is 0 Å². The Kier molecular flexibility index (Phi) is 3.95. The number of nitrogens with zero attached hydrogens (tertiary/aromatic N) is 1. The number of halogens is 1. The molecular formula is C14H21ClN2. The molecule has 3 heteroatoms. The first-order valence-corrected chi connectivity index (χ1v) is 6.69. The van der Waals surface area contributed by atoms with Gasteiger partial charge < -0.3 is 5.73 Å². The van der Waals surface area contributed by atoms with Gasteiger partial charge in [-0.2, -0.15) is 0 Å². The second-order valence-electron chi connectivity index (χ2n) is 5.37. The summed E-state index contributed by atoms with van der Waals surface area (Å²) in [5.74, 6) is 1.62. The standard InChI is InChI=1S/C14H21ClN2/c1-10-3-4-17(8-11(10)2)9-12-5-13(15)7-14(16)6-12/h5-7,10-11H,3-4,8-9,16H2,1-2H3. The molecule has 1 aromatic carbocycles. The molecule has 0 aromatic heterocycles. The number of anilines is 1. The summed E-state index contributed by atoms with van der Waals surface area (Å²) in [7, 11) is 0. The number of nitrogens with two attached hydrogens (primary N) is 1. The van der Waals surface area contributed by atoms with E-state index in [0.29, 0.717) is 0 Å². The molecule has 0 saturated carbocycles. The predicted molar refractivity (Wildman–Crippen MR) is 74.1 cm³/mol. The molecule has 94 valence electrons. The molecule has 0 amide bonds. The second-order valence-corrected chi connectivity index (χ2v) is 5.81. The number of hydrogen-bond donors (Lipinski definition) is 1. The first kappa shape index (κ1) is 12.7. The first-order chi connectivity index (χ1) is 8.04. The first-order valence-electron chi connectivity index (χ1n) is 6.32. The van der Waals surface area contributed by atoms with Gasteiger partial charge in [-0.1, -0.05) is 25.4 Å². The Bertz CT molecular complexity index is 372. The van der Waals surface area contributed by atoms with Gasteiger partial charge in [0.15, 0.2) is 0 Å². The molecule has 0 aliphatic carbocycles. The van der Waals surface area contributed by atoms with Crippen LogP contribution in [0, 0.1) is 11.8 Å². The highest BCUT2D eigenvalue weighted by Crippen LogP contribution is 2.25. The zero-order chi connectivity index (χ0) is 12.4. The van der Waals surface area contributed by atoms with Gasteiger partial charge in [-0.3, -0.25) is 4.90 Å². The molecule has 0 bridgehead atoms. The van der Waals surface area contributed by atoms with E-state index in [0.717, 1.165) is 29.1 Å². The van der Waals surface area contributed by atoms with Crippen LogP contribution >= 0.6 is 11.6 Å². The van der Waals surface area contributed by atoms with Crippen LogP contribution in [-0.2, 0) is 6.54 Å². The van der Waals surface area contributed by atoms with E-state index in [4.69, 9.17) is 17.3 Å². The van der Waals surface area contributed by atoms with Crippen molar-refractivity contribution in [3.63, 3.8) is 0 Å². The topological polar surface area (TPSA) is 29.3 Å². The lowest BCUT2D eigenvalue weighted by Gasteiger charge is -2.35. The number of rotatable bonds is 2. The number of benzene rings is 1. The molecule has 0 radical (unpaired) electrons. The maximum atomic E-state index is 6.02. The molecule has 17 heavy (non-hydrogen) atoms. The van der Waals surface area contributed by atoms with E-state index in [1.165, 1.54) is 25.1 Å². The van der Waals surface area contributed by atoms with Gasteiger partial charge in [0, 0.05) is 23.8 Å². The lowest BCUT2D eigenvalue weighted by atomic mass is 9.88. The number of piperidine rings is 1. The van der Waals surface area contributed by atoms with E-state index in [1.54, 1.807) is 6.07 Å². The lowest BCUT2D eigenvalue weighted by molar-refractivity contribution is 0.132. The van der Waals surface area contributed by atoms with Crippen LogP contribution < -0.4 is 5.73 Å². The fourth-order valence-corrected chi connectivity index (χ4v) is 2.78. The highest BCUT2D eigenvalue weighted by atomic mass is 35.5. The van der Waals surface area contributed by atoms with Crippen molar-refractivity contribution >= 4 is 17.3 Å². The Hall–Kier alpha value is -0.730. The molecule has 2 atom stereocenters. The fourth-order valence-electron chi connectivity index (χ4n) is 2.52. The van der Waals surface area contributed by atoms with Crippen molar-refractivity contribution in [2.45, 2.75) is 26.8 Å². The summed E-state index contributed by atoms with van der Waals surface area (Å²) < 4.78 is 0. The average molecular weight is 253 g/mol. The molecule has 2 unspecified atom stereocenters. The van der Waals surface area contributed by atoms with Gasteiger partial charge >= 0.3 is 0 Å². The van der Waals surface area contributed by atoms with Crippen molar-refractivity contribution in [2.75, 3.05) is 18.8 Å².